The van der Waals surface area contributed by atoms with E-state index < -0.39 is 15.4 Å². The summed E-state index contributed by atoms with van der Waals surface area (Å²) < 4.78 is 32.4. The van der Waals surface area contributed by atoms with E-state index in [1.165, 1.54) is 51.4 Å². The van der Waals surface area contributed by atoms with Crippen molar-refractivity contribution in [1.29, 1.82) is 0 Å². The SMILES string of the molecule is CCCCCCC(CCCCCCCCCCCCCC(O)CC)S(=O)(=O)O. The van der Waals surface area contributed by atoms with Crippen molar-refractivity contribution in [2.24, 2.45) is 0 Å². The minimum Gasteiger partial charge on any atom is -0.393 e. The number of hydrogen-bond donors (Lipinski definition) is 2. The second-order valence-corrected chi connectivity index (χ2v) is 10.2. The molecule has 0 aliphatic rings. The van der Waals surface area contributed by atoms with Gasteiger partial charge in [0.05, 0.1) is 11.4 Å². The highest BCUT2D eigenvalue weighted by molar-refractivity contribution is 7.86. The van der Waals surface area contributed by atoms with Gasteiger partial charge in [0.15, 0.2) is 0 Å². The zero-order chi connectivity index (χ0) is 21.1. The molecule has 0 saturated heterocycles. The van der Waals surface area contributed by atoms with Gasteiger partial charge in [0, 0.05) is 0 Å². The van der Waals surface area contributed by atoms with Crippen molar-refractivity contribution in [3.63, 3.8) is 0 Å². The van der Waals surface area contributed by atoms with Crippen LogP contribution in [0.4, 0.5) is 0 Å². The van der Waals surface area contributed by atoms with Gasteiger partial charge in [-0.15, -0.1) is 0 Å². The first-order valence-electron chi connectivity index (χ1n) is 12.1. The maximum absolute atomic E-state index is 11.5. The summed E-state index contributed by atoms with van der Waals surface area (Å²) in [5, 5.41) is 8.95. The molecule has 0 aliphatic heterocycles. The van der Waals surface area contributed by atoms with Crippen molar-refractivity contribution >= 4 is 10.1 Å². The molecule has 0 amide bonds. The van der Waals surface area contributed by atoms with Crippen LogP contribution in [0.3, 0.4) is 0 Å². The molecule has 0 spiro atoms. The van der Waals surface area contributed by atoms with Crippen molar-refractivity contribution in [3.8, 4) is 0 Å². The third-order valence-corrected chi connectivity index (χ3v) is 7.15. The second kappa shape index (κ2) is 18.9. The molecule has 0 radical (unpaired) electrons. The molecular weight excluding hydrogens is 372 g/mol. The number of unbranched alkanes of at least 4 members (excludes halogenated alkanes) is 13. The molecule has 0 aliphatic carbocycles. The fourth-order valence-electron chi connectivity index (χ4n) is 3.79. The monoisotopic (exact) mass is 420 g/mol. The molecule has 0 rings (SSSR count). The van der Waals surface area contributed by atoms with Crippen LogP contribution in [-0.4, -0.2) is 29.4 Å². The molecule has 28 heavy (non-hydrogen) atoms. The van der Waals surface area contributed by atoms with Crippen LogP contribution < -0.4 is 0 Å². The summed E-state index contributed by atoms with van der Waals surface area (Å²) in [6.07, 6.45) is 20.4. The van der Waals surface area contributed by atoms with Crippen LogP contribution in [0.1, 0.15) is 136 Å². The Morgan fingerprint density at radius 1 is 0.607 bits per heavy atom. The molecule has 2 N–H and O–H groups in total. The van der Waals surface area contributed by atoms with E-state index in [9.17, 15) is 18.1 Å². The van der Waals surface area contributed by atoms with E-state index in [1.807, 2.05) is 6.92 Å². The van der Waals surface area contributed by atoms with Crippen molar-refractivity contribution in [3.05, 3.63) is 0 Å². The van der Waals surface area contributed by atoms with Crippen molar-refractivity contribution in [2.45, 2.75) is 147 Å². The average molecular weight is 421 g/mol. The van der Waals surface area contributed by atoms with E-state index in [1.54, 1.807) is 0 Å². The van der Waals surface area contributed by atoms with Crippen molar-refractivity contribution < 1.29 is 18.1 Å². The Hall–Kier alpha value is -0.130. The van der Waals surface area contributed by atoms with Crippen LogP contribution in [0.2, 0.25) is 0 Å². The lowest BCUT2D eigenvalue weighted by atomic mass is 10.0. The molecule has 170 valence electrons. The molecule has 0 saturated carbocycles. The van der Waals surface area contributed by atoms with Gasteiger partial charge in [-0.1, -0.05) is 110 Å². The minimum absolute atomic E-state index is 0.103. The molecule has 0 aromatic rings. The average Bonchev–Trinajstić information content (AvgIpc) is 2.65. The van der Waals surface area contributed by atoms with Gasteiger partial charge in [-0.3, -0.25) is 4.55 Å². The summed E-state index contributed by atoms with van der Waals surface area (Å²) in [6, 6.07) is 0. The largest absolute Gasteiger partial charge is 0.393 e. The molecular formula is C23H48O4S. The summed E-state index contributed by atoms with van der Waals surface area (Å²) in [5.41, 5.74) is 0. The standard InChI is InChI=1S/C23H48O4S/c1-3-5-6-17-20-23(28(25,26)27)21-18-15-13-11-9-7-8-10-12-14-16-19-22(24)4-2/h22-24H,3-21H2,1-2H3,(H,25,26,27). The Morgan fingerprint density at radius 2 is 0.964 bits per heavy atom. The van der Waals surface area contributed by atoms with Crippen LogP contribution in [-0.2, 0) is 10.1 Å². The highest BCUT2D eigenvalue weighted by Gasteiger charge is 2.21. The van der Waals surface area contributed by atoms with Gasteiger partial charge in [-0.05, 0) is 25.7 Å². The maximum atomic E-state index is 11.5. The van der Waals surface area contributed by atoms with E-state index in [0.29, 0.717) is 12.8 Å². The van der Waals surface area contributed by atoms with E-state index in [0.717, 1.165) is 57.8 Å². The van der Waals surface area contributed by atoms with E-state index in [2.05, 4.69) is 6.92 Å². The Morgan fingerprint density at radius 3 is 1.32 bits per heavy atom. The van der Waals surface area contributed by atoms with Crippen molar-refractivity contribution in [2.75, 3.05) is 0 Å². The summed E-state index contributed by atoms with van der Waals surface area (Å²) >= 11 is 0. The van der Waals surface area contributed by atoms with Gasteiger partial charge in [0.25, 0.3) is 10.1 Å². The topological polar surface area (TPSA) is 74.6 Å². The number of hydrogen-bond acceptors (Lipinski definition) is 3. The van der Waals surface area contributed by atoms with Gasteiger partial charge >= 0.3 is 0 Å². The van der Waals surface area contributed by atoms with Gasteiger partial charge in [-0.25, -0.2) is 0 Å². The van der Waals surface area contributed by atoms with Crippen LogP contribution in [0.15, 0.2) is 0 Å². The quantitative estimate of drug-likeness (QED) is 0.154. The first-order valence-corrected chi connectivity index (χ1v) is 13.6. The number of rotatable bonds is 21. The van der Waals surface area contributed by atoms with Crippen LogP contribution >= 0.6 is 0 Å². The summed E-state index contributed by atoms with van der Waals surface area (Å²) in [5.74, 6) is 0. The highest BCUT2D eigenvalue weighted by atomic mass is 32.2. The molecule has 5 heteroatoms. The summed E-state index contributed by atoms with van der Waals surface area (Å²) in [4.78, 5) is 0. The van der Waals surface area contributed by atoms with E-state index in [-0.39, 0.29) is 6.10 Å². The normalized spacial score (nSPS) is 14.3. The predicted molar refractivity (Wildman–Crippen MR) is 120 cm³/mol. The first-order chi connectivity index (χ1) is 13.4. The third-order valence-electron chi connectivity index (χ3n) is 5.84. The Labute approximate surface area is 175 Å². The molecule has 2 unspecified atom stereocenters. The highest BCUT2D eigenvalue weighted by Crippen LogP contribution is 2.19. The molecule has 0 aromatic carbocycles. The lowest BCUT2D eigenvalue weighted by molar-refractivity contribution is 0.156. The Kier molecular flexibility index (Phi) is 18.8. The smallest absolute Gasteiger partial charge is 0.267 e. The fraction of sp³-hybridized carbons (Fsp3) is 1.00. The number of aliphatic hydroxyl groups excluding tert-OH is 1. The minimum atomic E-state index is -3.89. The van der Waals surface area contributed by atoms with Gasteiger partial charge < -0.3 is 5.11 Å². The molecule has 2 atom stereocenters. The third kappa shape index (κ3) is 17.9. The predicted octanol–water partition coefficient (Wildman–Crippen LogP) is 7.06. The van der Waals surface area contributed by atoms with Crippen LogP contribution in [0.5, 0.6) is 0 Å². The molecule has 0 heterocycles. The second-order valence-electron chi connectivity index (χ2n) is 8.51. The molecule has 4 nitrogen and oxygen atoms in total. The number of aliphatic hydroxyl groups is 1. The molecule has 0 bridgehead atoms. The Balaban J connectivity index is 3.51. The lowest BCUT2D eigenvalue weighted by Gasteiger charge is -2.13. The van der Waals surface area contributed by atoms with E-state index in [4.69, 9.17) is 0 Å². The zero-order valence-electron chi connectivity index (χ0n) is 18.7. The van der Waals surface area contributed by atoms with Crippen LogP contribution in [0.25, 0.3) is 0 Å². The molecule has 0 aromatic heterocycles. The summed E-state index contributed by atoms with van der Waals surface area (Å²) in [6.45, 7) is 4.17. The Bertz CT molecular complexity index is 422. The lowest BCUT2D eigenvalue weighted by Crippen LogP contribution is -2.20. The van der Waals surface area contributed by atoms with Crippen LogP contribution in [0, 0.1) is 0 Å². The summed E-state index contributed by atoms with van der Waals surface area (Å²) in [7, 11) is -3.89. The first kappa shape index (κ1) is 27.9. The van der Waals surface area contributed by atoms with Gasteiger partial charge in [-0.2, -0.15) is 8.42 Å². The maximum Gasteiger partial charge on any atom is 0.267 e. The van der Waals surface area contributed by atoms with E-state index >= 15 is 0 Å². The zero-order valence-corrected chi connectivity index (χ0v) is 19.5. The fourth-order valence-corrected chi connectivity index (χ4v) is 4.72. The van der Waals surface area contributed by atoms with Crippen molar-refractivity contribution in [1.82, 2.24) is 0 Å². The van der Waals surface area contributed by atoms with Gasteiger partial charge in [0.1, 0.15) is 0 Å². The molecule has 0 fully saturated rings. The van der Waals surface area contributed by atoms with Gasteiger partial charge in [0.2, 0.25) is 0 Å².